The second kappa shape index (κ2) is 4.09. The van der Waals surface area contributed by atoms with E-state index >= 15 is 0 Å². The molecule has 0 aliphatic carbocycles. The highest BCUT2D eigenvalue weighted by molar-refractivity contribution is 7.13. The number of pyridine rings is 1. The number of nitrogens with one attached hydrogen (secondary N) is 1. The molecule has 0 saturated heterocycles. The van der Waals surface area contributed by atoms with E-state index in [1.165, 1.54) is 0 Å². The SMILES string of the molecule is N#Cc1c(-c2cccs2)ccnc1NN. The molecular weight excluding hydrogens is 208 g/mol. The van der Waals surface area contributed by atoms with Crippen molar-refractivity contribution in [3.8, 4) is 16.5 Å². The minimum Gasteiger partial charge on any atom is -0.307 e. The highest BCUT2D eigenvalue weighted by atomic mass is 32.1. The lowest BCUT2D eigenvalue weighted by Crippen LogP contribution is -2.10. The van der Waals surface area contributed by atoms with Crippen LogP contribution in [0.3, 0.4) is 0 Å². The summed E-state index contributed by atoms with van der Waals surface area (Å²) in [5, 5.41) is 11.0. The van der Waals surface area contributed by atoms with Gasteiger partial charge in [-0.05, 0) is 17.5 Å². The fraction of sp³-hybridized carbons (Fsp3) is 0. The highest BCUT2D eigenvalue weighted by Gasteiger charge is 2.10. The van der Waals surface area contributed by atoms with E-state index in [9.17, 15) is 0 Å². The van der Waals surface area contributed by atoms with Gasteiger partial charge in [-0.25, -0.2) is 10.8 Å². The largest absolute Gasteiger partial charge is 0.307 e. The molecule has 2 heterocycles. The smallest absolute Gasteiger partial charge is 0.158 e. The van der Waals surface area contributed by atoms with Crippen molar-refractivity contribution in [1.82, 2.24) is 4.98 Å². The molecule has 3 N–H and O–H groups in total. The highest BCUT2D eigenvalue weighted by Crippen LogP contribution is 2.29. The molecule has 0 saturated carbocycles. The van der Waals surface area contributed by atoms with E-state index in [2.05, 4.69) is 16.5 Å². The second-order valence-corrected chi connectivity index (χ2v) is 3.76. The monoisotopic (exact) mass is 216 g/mol. The van der Waals surface area contributed by atoms with Gasteiger partial charge in [-0.2, -0.15) is 5.26 Å². The molecule has 0 amide bonds. The molecular formula is C10H8N4S. The first-order valence-corrected chi connectivity index (χ1v) is 5.14. The van der Waals surface area contributed by atoms with E-state index in [-0.39, 0.29) is 0 Å². The van der Waals surface area contributed by atoms with Crippen molar-refractivity contribution in [1.29, 1.82) is 5.26 Å². The third kappa shape index (κ3) is 1.68. The van der Waals surface area contributed by atoms with Crippen LogP contribution < -0.4 is 11.3 Å². The average molecular weight is 216 g/mol. The van der Waals surface area contributed by atoms with Crippen molar-refractivity contribution in [2.24, 2.45) is 5.84 Å². The number of hydrogen-bond donors (Lipinski definition) is 2. The van der Waals surface area contributed by atoms with Gasteiger partial charge in [0, 0.05) is 16.6 Å². The van der Waals surface area contributed by atoms with Crippen LogP contribution in [0.4, 0.5) is 5.82 Å². The number of nitriles is 1. The zero-order valence-corrected chi connectivity index (χ0v) is 8.58. The van der Waals surface area contributed by atoms with E-state index in [1.54, 1.807) is 17.5 Å². The summed E-state index contributed by atoms with van der Waals surface area (Å²) in [5.74, 6) is 5.69. The standard InChI is InChI=1S/C10H8N4S/c11-6-8-7(9-2-1-5-15-9)3-4-13-10(8)14-12/h1-5H,12H2,(H,13,14). The van der Waals surface area contributed by atoms with Gasteiger partial charge in [0.1, 0.15) is 11.6 Å². The molecule has 0 bridgehead atoms. The summed E-state index contributed by atoms with van der Waals surface area (Å²) in [6.07, 6.45) is 1.63. The van der Waals surface area contributed by atoms with Crippen LogP contribution in [0, 0.1) is 11.3 Å². The van der Waals surface area contributed by atoms with Crippen molar-refractivity contribution in [2.75, 3.05) is 5.43 Å². The van der Waals surface area contributed by atoms with Crippen molar-refractivity contribution >= 4 is 17.2 Å². The molecule has 4 nitrogen and oxygen atoms in total. The van der Waals surface area contributed by atoms with Crippen molar-refractivity contribution in [2.45, 2.75) is 0 Å². The Balaban J connectivity index is 2.63. The fourth-order valence-corrected chi connectivity index (χ4v) is 2.08. The molecule has 0 spiro atoms. The summed E-state index contributed by atoms with van der Waals surface area (Å²) in [7, 11) is 0. The summed E-state index contributed by atoms with van der Waals surface area (Å²) in [6, 6.07) is 7.82. The molecule has 15 heavy (non-hydrogen) atoms. The summed E-state index contributed by atoms with van der Waals surface area (Å²) in [4.78, 5) is 5.02. The Morgan fingerprint density at radius 1 is 1.47 bits per heavy atom. The maximum absolute atomic E-state index is 9.05. The minimum absolute atomic E-state index is 0.406. The number of aromatic nitrogens is 1. The predicted octanol–water partition coefficient (Wildman–Crippen LogP) is 1.97. The molecule has 2 rings (SSSR count). The maximum Gasteiger partial charge on any atom is 0.158 e. The van der Waals surface area contributed by atoms with E-state index in [4.69, 9.17) is 11.1 Å². The molecule has 5 heteroatoms. The Hall–Kier alpha value is -1.90. The van der Waals surface area contributed by atoms with Gasteiger partial charge in [0.25, 0.3) is 0 Å². The quantitative estimate of drug-likeness (QED) is 0.594. The molecule has 0 radical (unpaired) electrons. The van der Waals surface area contributed by atoms with Crippen molar-refractivity contribution in [3.05, 3.63) is 35.3 Å². The maximum atomic E-state index is 9.05. The Labute approximate surface area is 91.0 Å². The third-order valence-electron chi connectivity index (χ3n) is 1.99. The predicted molar refractivity (Wildman–Crippen MR) is 60.1 cm³/mol. The average Bonchev–Trinajstić information content (AvgIpc) is 2.81. The van der Waals surface area contributed by atoms with Crippen LogP contribution in [0.15, 0.2) is 29.8 Å². The molecule has 0 aliphatic rings. The summed E-state index contributed by atoms with van der Waals surface area (Å²) in [5.41, 5.74) is 3.75. The number of thiophene rings is 1. The zero-order valence-electron chi connectivity index (χ0n) is 7.77. The molecule has 0 atom stereocenters. The van der Waals surface area contributed by atoms with Gasteiger partial charge in [-0.3, -0.25) is 0 Å². The molecule has 2 aromatic heterocycles. The first-order chi connectivity index (χ1) is 7.36. The van der Waals surface area contributed by atoms with Crippen LogP contribution >= 0.6 is 11.3 Å². The molecule has 74 valence electrons. The molecule has 0 aliphatic heterocycles. The van der Waals surface area contributed by atoms with Gasteiger partial charge in [-0.15, -0.1) is 11.3 Å². The van der Waals surface area contributed by atoms with Crippen LogP contribution in [-0.2, 0) is 0 Å². The van der Waals surface area contributed by atoms with Gasteiger partial charge in [-0.1, -0.05) is 6.07 Å². The van der Waals surface area contributed by atoms with Crippen LogP contribution in [0.5, 0.6) is 0 Å². The van der Waals surface area contributed by atoms with E-state index in [1.807, 2.05) is 23.6 Å². The Morgan fingerprint density at radius 3 is 2.93 bits per heavy atom. The molecule has 2 aromatic rings. The van der Waals surface area contributed by atoms with Gasteiger partial charge in [0.05, 0.1) is 0 Å². The number of anilines is 1. The molecule has 0 fully saturated rings. The van der Waals surface area contributed by atoms with E-state index in [0.717, 1.165) is 10.4 Å². The van der Waals surface area contributed by atoms with Gasteiger partial charge < -0.3 is 5.43 Å². The van der Waals surface area contributed by atoms with Crippen LogP contribution in [0.2, 0.25) is 0 Å². The lowest BCUT2D eigenvalue weighted by Gasteiger charge is -2.05. The number of nitrogen functional groups attached to an aromatic ring is 1. The first kappa shape index (κ1) is 9.65. The summed E-state index contributed by atoms with van der Waals surface area (Å²) >= 11 is 1.58. The fourth-order valence-electron chi connectivity index (χ4n) is 1.32. The second-order valence-electron chi connectivity index (χ2n) is 2.82. The lowest BCUT2D eigenvalue weighted by molar-refractivity contribution is 1.22. The van der Waals surface area contributed by atoms with Gasteiger partial charge in [0.15, 0.2) is 5.82 Å². The van der Waals surface area contributed by atoms with Crippen molar-refractivity contribution < 1.29 is 0 Å². The first-order valence-electron chi connectivity index (χ1n) is 4.26. The Bertz CT molecular complexity index is 499. The Kier molecular flexibility index (Phi) is 2.63. The normalized spacial score (nSPS) is 9.60. The van der Waals surface area contributed by atoms with E-state index < -0.39 is 0 Å². The van der Waals surface area contributed by atoms with Crippen LogP contribution in [0.1, 0.15) is 5.56 Å². The summed E-state index contributed by atoms with van der Waals surface area (Å²) < 4.78 is 0. The van der Waals surface area contributed by atoms with Gasteiger partial charge in [0.2, 0.25) is 0 Å². The van der Waals surface area contributed by atoms with Crippen LogP contribution in [-0.4, -0.2) is 4.98 Å². The zero-order chi connectivity index (χ0) is 10.7. The number of hydrazine groups is 1. The third-order valence-corrected chi connectivity index (χ3v) is 2.89. The number of hydrogen-bond acceptors (Lipinski definition) is 5. The lowest BCUT2D eigenvalue weighted by atomic mass is 10.1. The number of nitrogens with two attached hydrogens (primary N) is 1. The Morgan fingerprint density at radius 2 is 2.33 bits per heavy atom. The van der Waals surface area contributed by atoms with Crippen LogP contribution in [0.25, 0.3) is 10.4 Å². The van der Waals surface area contributed by atoms with Crippen molar-refractivity contribution in [3.63, 3.8) is 0 Å². The molecule has 0 unspecified atom stereocenters. The molecule has 0 aromatic carbocycles. The number of nitrogens with zero attached hydrogens (tertiary/aromatic N) is 2. The van der Waals surface area contributed by atoms with Gasteiger partial charge >= 0.3 is 0 Å². The number of rotatable bonds is 2. The minimum atomic E-state index is 0.406. The topological polar surface area (TPSA) is 74.7 Å². The van der Waals surface area contributed by atoms with E-state index in [0.29, 0.717) is 11.4 Å². The summed E-state index contributed by atoms with van der Waals surface area (Å²) in [6.45, 7) is 0.